The Hall–Kier alpha value is -1.79. The van der Waals surface area contributed by atoms with E-state index in [0.717, 1.165) is 5.56 Å². The predicted molar refractivity (Wildman–Crippen MR) is 83.6 cm³/mol. The van der Waals surface area contributed by atoms with Crippen LogP contribution in [0.4, 0.5) is 5.69 Å². The normalized spacial score (nSPS) is 10.2. The van der Waals surface area contributed by atoms with Gasteiger partial charge in [0.1, 0.15) is 0 Å². The molecule has 0 unspecified atom stereocenters. The molecule has 0 fully saturated rings. The number of carbonyl (C=O) groups excluding carboxylic acids is 2. The molecule has 1 aromatic heterocycles. The highest BCUT2D eigenvalue weighted by atomic mass is 79.9. The highest BCUT2D eigenvalue weighted by Gasteiger charge is 2.12. The van der Waals surface area contributed by atoms with Gasteiger partial charge in [0.2, 0.25) is 5.91 Å². The van der Waals surface area contributed by atoms with Crippen LogP contribution in [0, 0.1) is 6.92 Å². The third kappa shape index (κ3) is 4.34. The van der Waals surface area contributed by atoms with E-state index in [1.807, 2.05) is 13.0 Å². The van der Waals surface area contributed by atoms with Gasteiger partial charge in [-0.15, -0.1) is 0 Å². The van der Waals surface area contributed by atoms with Crippen molar-refractivity contribution in [3.05, 3.63) is 51.3 Å². The lowest BCUT2D eigenvalue weighted by Crippen LogP contribution is -2.32. The van der Waals surface area contributed by atoms with Crippen LogP contribution >= 0.6 is 27.5 Å². The number of nitrogens with one attached hydrogen (secondary N) is 2. The van der Waals surface area contributed by atoms with Crippen LogP contribution < -0.4 is 10.6 Å². The van der Waals surface area contributed by atoms with Gasteiger partial charge >= 0.3 is 0 Å². The standard InChI is InChI=1S/C14H12BrClN2O3/c1-8-2-3-10(9(16)6-8)18-13(19)7-17-14(20)11-4-5-12(15)21-11/h2-6H,7H2,1H3,(H,17,20)(H,18,19). The average molecular weight is 372 g/mol. The molecule has 0 aliphatic rings. The lowest BCUT2D eigenvalue weighted by molar-refractivity contribution is -0.115. The van der Waals surface area contributed by atoms with E-state index in [2.05, 4.69) is 26.6 Å². The van der Waals surface area contributed by atoms with Crippen LogP contribution in [-0.2, 0) is 4.79 Å². The zero-order valence-corrected chi connectivity index (χ0v) is 13.4. The van der Waals surface area contributed by atoms with Gasteiger partial charge in [0, 0.05) is 0 Å². The number of carbonyl (C=O) groups is 2. The minimum atomic E-state index is -0.467. The average Bonchev–Trinajstić information content (AvgIpc) is 2.86. The van der Waals surface area contributed by atoms with E-state index in [0.29, 0.717) is 15.4 Å². The fourth-order valence-electron chi connectivity index (χ4n) is 1.60. The molecule has 2 aromatic rings. The van der Waals surface area contributed by atoms with Crippen LogP contribution in [0.2, 0.25) is 5.02 Å². The summed E-state index contributed by atoms with van der Waals surface area (Å²) in [6, 6.07) is 8.40. The van der Waals surface area contributed by atoms with Crippen LogP contribution in [0.5, 0.6) is 0 Å². The number of aryl methyl sites for hydroxylation is 1. The van der Waals surface area contributed by atoms with Gasteiger partial charge in [-0.1, -0.05) is 17.7 Å². The maximum Gasteiger partial charge on any atom is 0.287 e. The quantitative estimate of drug-likeness (QED) is 0.865. The second kappa shape index (κ2) is 6.78. The van der Waals surface area contributed by atoms with Crippen molar-refractivity contribution < 1.29 is 14.0 Å². The van der Waals surface area contributed by atoms with Crippen molar-refractivity contribution in [3.8, 4) is 0 Å². The van der Waals surface area contributed by atoms with Crippen molar-refractivity contribution in [1.29, 1.82) is 0 Å². The molecule has 0 bridgehead atoms. The van der Waals surface area contributed by atoms with Gasteiger partial charge in [0.05, 0.1) is 17.3 Å². The molecule has 2 rings (SSSR count). The summed E-state index contributed by atoms with van der Waals surface area (Å²) < 4.78 is 5.53. The molecule has 2 amide bonds. The van der Waals surface area contributed by atoms with E-state index in [9.17, 15) is 9.59 Å². The molecule has 1 aromatic carbocycles. The molecule has 0 atom stereocenters. The van der Waals surface area contributed by atoms with E-state index >= 15 is 0 Å². The van der Waals surface area contributed by atoms with Crippen LogP contribution in [-0.4, -0.2) is 18.4 Å². The first-order valence-corrected chi connectivity index (χ1v) is 7.22. The Morgan fingerprint density at radius 3 is 2.67 bits per heavy atom. The largest absolute Gasteiger partial charge is 0.444 e. The van der Waals surface area contributed by atoms with Crippen LogP contribution in [0.25, 0.3) is 0 Å². The molecule has 7 heteroatoms. The fraction of sp³-hybridized carbons (Fsp3) is 0.143. The number of furan rings is 1. The second-order valence-corrected chi connectivity index (χ2v) is 5.51. The Bertz CT molecular complexity index is 685. The van der Waals surface area contributed by atoms with E-state index in [1.165, 1.54) is 6.07 Å². The first-order valence-electron chi connectivity index (χ1n) is 6.05. The summed E-state index contributed by atoms with van der Waals surface area (Å²) in [6.07, 6.45) is 0. The smallest absolute Gasteiger partial charge is 0.287 e. The molecule has 0 spiro atoms. The molecule has 0 aliphatic heterocycles. The predicted octanol–water partition coefficient (Wildman–Crippen LogP) is 3.37. The maximum absolute atomic E-state index is 11.8. The SMILES string of the molecule is Cc1ccc(NC(=O)CNC(=O)c2ccc(Br)o2)c(Cl)c1. The van der Waals surface area contributed by atoms with Gasteiger partial charge < -0.3 is 15.1 Å². The van der Waals surface area contributed by atoms with E-state index in [1.54, 1.807) is 18.2 Å². The second-order valence-electron chi connectivity index (χ2n) is 4.32. The van der Waals surface area contributed by atoms with Gasteiger partial charge in [-0.25, -0.2) is 0 Å². The summed E-state index contributed by atoms with van der Waals surface area (Å²) in [5.74, 6) is -0.714. The Kier molecular flexibility index (Phi) is 5.03. The van der Waals surface area contributed by atoms with Crippen molar-refractivity contribution in [2.75, 3.05) is 11.9 Å². The monoisotopic (exact) mass is 370 g/mol. The van der Waals surface area contributed by atoms with Crippen LogP contribution in [0.3, 0.4) is 0 Å². The molecule has 0 radical (unpaired) electrons. The Morgan fingerprint density at radius 2 is 2.05 bits per heavy atom. The zero-order chi connectivity index (χ0) is 15.4. The van der Waals surface area contributed by atoms with E-state index in [4.69, 9.17) is 16.0 Å². The molecule has 2 N–H and O–H groups in total. The number of halogens is 2. The number of hydrogen-bond donors (Lipinski definition) is 2. The summed E-state index contributed by atoms with van der Waals surface area (Å²) in [5.41, 5.74) is 1.50. The minimum Gasteiger partial charge on any atom is -0.444 e. The number of rotatable bonds is 4. The number of amides is 2. The van der Waals surface area contributed by atoms with Gasteiger partial charge in [-0.2, -0.15) is 0 Å². The summed E-state index contributed by atoms with van der Waals surface area (Å²) >= 11 is 9.11. The molecule has 0 saturated carbocycles. The zero-order valence-electron chi connectivity index (χ0n) is 11.1. The van der Waals surface area contributed by atoms with Gasteiger partial charge in [-0.05, 0) is 52.7 Å². The summed E-state index contributed by atoms with van der Waals surface area (Å²) in [6.45, 7) is 1.72. The minimum absolute atomic E-state index is 0.128. The summed E-state index contributed by atoms with van der Waals surface area (Å²) in [4.78, 5) is 23.5. The molecule has 0 aliphatic carbocycles. The summed E-state index contributed by atoms with van der Waals surface area (Å²) in [5, 5.41) is 5.53. The molecule has 1 heterocycles. The van der Waals surface area contributed by atoms with Gasteiger partial charge in [0.15, 0.2) is 10.4 Å². The van der Waals surface area contributed by atoms with Crippen LogP contribution in [0.15, 0.2) is 39.4 Å². The van der Waals surface area contributed by atoms with Crippen molar-refractivity contribution in [2.45, 2.75) is 6.92 Å². The highest BCUT2D eigenvalue weighted by Crippen LogP contribution is 2.22. The maximum atomic E-state index is 11.8. The van der Waals surface area contributed by atoms with Crippen molar-refractivity contribution >= 4 is 45.0 Å². The lowest BCUT2D eigenvalue weighted by atomic mass is 10.2. The molecule has 21 heavy (non-hydrogen) atoms. The Labute approximate surface area is 134 Å². The molecule has 5 nitrogen and oxygen atoms in total. The topological polar surface area (TPSA) is 71.3 Å². The Balaban J connectivity index is 1.89. The van der Waals surface area contributed by atoms with Crippen molar-refractivity contribution in [2.24, 2.45) is 0 Å². The Morgan fingerprint density at radius 1 is 1.29 bits per heavy atom. The third-order valence-electron chi connectivity index (χ3n) is 2.61. The molecule has 0 saturated heterocycles. The van der Waals surface area contributed by atoms with E-state index in [-0.39, 0.29) is 18.2 Å². The lowest BCUT2D eigenvalue weighted by Gasteiger charge is -2.08. The molecular formula is C14H12BrClN2O3. The third-order valence-corrected chi connectivity index (χ3v) is 3.34. The van der Waals surface area contributed by atoms with Crippen molar-refractivity contribution in [3.63, 3.8) is 0 Å². The number of benzene rings is 1. The first-order chi connectivity index (χ1) is 9.95. The van der Waals surface area contributed by atoms with Crippen LogP contribution in [0.1, 0.15) is 16.1 Å². The number of anilines is 1. The molecular weight excluding hydrogens is 360 g/mol. The molecule has 110 valence electrons. The highest BCUT2D eigenvalue weighted by molar-refractivity contribution is 9.10. The van der Waals surface area contributed by atoms with Crippen molar-refractivity contribution in [1.82, 2.24) is 5.32 Å². The van der Waals surface area contributed by atoms with Gasteiger partial charge in [0.25, 0.3) is 5.91 Å². The number of hydrogen-bond acceptors (Lipinski definition) is 3. The summed E-state index contributed by atoms with van der Waals surface area (Å²) in [7, 11) is 0. The van der Waals surface area contributed by atoms with E-state index < -0.39 is 5.91 Å². The fourth-order valence-corrected chi connectivity index (χ4v) is 2.19. The van der Waals surface area contributed by atoms with Gasteiger partial charge in [-0.3, -0.25) is 9.59 Å². The first kappa shape index (κ1) is 15.6.